The molecule has 0 radical (unpaired) electrons. The van der Waals surface area contributed by atoms with Crippen LogP contribution in [0.2, 0.25) is 0 Å². The number of rotatable bonds is 4. The summed E-state index contributed by atoms with van der Waals surface area (Å²) in [6.45, 7) is 0. The number of benzene rings is 2. The van der Waals surface area contributed by atoms with Gasteiger partial charge in [0.15, 0.2) is 11.6 Å². The Morgan fingerprint density at radius 1 is 1.14 bits per heavy atom. The number of hydrogen-bond donors (Lipinski definition) is 2. The zero-order valence-electron chi connectivity index (χ0n) is 14.7. The number of nitrogens with one attached hydrogen (secondary N) is 2. The van der Waals surface area contributed by atoms with Crippen molar-refractivity contribution < 1.29 is 23.1 Å². The molecule has 0 atom stereocenters. The predicted octanol–water partition coefficient (Wildman–Crippen LogP) is 4.45. The molecule has 2 N–H and O–H groups in total. The number of fused-ring (bicyclic) bond motifs is 1. The SMILES string of the molecule is O=C1CSc2cc(C(=O)Nc3ccc(Oc4ccc(F)cc4F)nc3)ccc2N1. The van der Waals surface area contributed by atoms with Crippen molar-refractivity contribution in [3.63, 3.8) is 0 Å². The molecule has 1 aliphatic rings. The number of thioether (sulfide) groups is 1. The van der Waals surface area contributed by atoms with Crippen LogP contribution in [0.4, 0.5) is 20.2 Å². The Morgan fingerprint density at radius 2 is 2.00 bits per heavy atom. The second kappa shape index (κ2) is 7.88. The fraction of sp³-hybridized carbons (Fsp3) is 0.0500. The monoisotopic (exact) mass is 413 g/mol. The van der Waals surface area contributed by atoms with Crippen LogP contribution < -0.4 is 15.4 Å². The van der Waals surface area contributed by atoms with E-state index < -0.39 is 11.6 Å². The van der Waals surface area contributed by atoms with Crippen LogP contribution in [0, 0.1) is 11.6 Å². The molecule has 0 bridgehead atoms. The lowest BCUT2D eigenvalue weighted by molar-refractivity contribution is -0.113. The standard InChI is InChI=1S/C20H13F2N3O3S/c21-12-2-5-16(14(22)8-12)28-19-6-3-13(9-23-19)24-20(27)11-1-4-15-17(7-11)29-10-18(26)25-15/h1-9H,10H2,(H,24,27)(H,25,26). The second-order valence-corrected chi connectivity index (χ2v) is 7.08. The lowest BCUT2D eigenvalue weighted by Gasteiger charge is -2.16. The molecule has 0 saturated carbocycles. The fourth-order valence-corrected chi connectivity index (χ4v) is 3.45. The molecule has 146 valence electrons. The highest BCUT2D eigenvalue weighted by Gasteiger charge is 2.17. The van der Waals surface area contributed by atoms with Crippen molar-refractivity contribution in [2.45, 2.75) is 4.90 Å². The Morgan fingerprint density at radius 3 is 2.76 bits per heavy atom. The van der Waals surface area contributed by atoms with Gasteiger partial charge in [-0.2, -0.15) is 0 Å². The minimum Gasteiger partial charge on any atom is -0.436 e. The average Bonchev–Trinajstić information content (AvgIpc) is 2.71. The first kappa shape index (κ1) is 18.9. The largest absolute Gasteiger partial charge is 0.436 e. The lowest BCUT2D eigenvalue weighted by Crippen LogP contribution is -2.19. The van der Waals surface area contributed by atoms with Crippen LogP contribution in [0.1, 0.15) is 10.4 Å². The van der Waals surface area contributed by atoms with Gasteiger partial charge in [-0.25, -0.2) is 13.8 Å². The first-order valence-corrected chi connectivity index (χ1v) is 9.43. The number of ether oxygens (including phenoxy) is 1. The van der Waals surface area contributed by atoms with Crippen molar-refractivity contribution in [3.05, 3.63) is 71.9 Å². The van der Waals surface area contributed by atoms with Gasteiger partial charge in [-0.3, -0.25) is 9.59 Å². The molecule has 1 aliphatic heterocycles. The topological polar surface area (TPSA) is 80.3 Å². The average molecular weight is 413 g/mol. The number of carbonyl (C=O) groups is 2. The van der Waals surface area contributed by atoms with Crippen LogP contribution in [0.15, 0.2) is 59.6 Å². The second-order valence-electron chi connectivity index (χ2n) is 6.06. The van der Waals surface area contributed by atoms with E-state index in [1.807, 2.05) is 0 Å². The number of amides is 2. The molecule has 2 amide bonds. The molecule has 2 aromatic carbocycles. The van der Waals surface area contributed by atoms with E-state index in [2.05, 4.69) is 15.6 Å². The van der Waals surface area contributed by atoms with E-state index in [0.717, 1.165) is 11.0 Å². The summed E-state index contributed by atoms with van der Waals surface area (Å²) < 4.78 is 31.9. The zero-order valence-corrected chi connectivity index (χ0v) is 15.6. The van der Waals surface area contributed by atoms with Gasteiger partial charge < -0.3 is 15.4 Å². The van der Waals surface area contributed by atoms with Crippen LogP contribution in [-0.2, 0) is 4.79 Å². The van der Waals surface area contributed by atoms with Gasteiger partial charge >= 0.3 is 0 Å². The Kier molecular flexibility index (Phi) is 5.13. The summed E-state index contributed by atoms with van der Waals surface area (Å²) in [5, 5.41) is 5.45. The van der Waals surface area contributed by atoms with E-state index >= 15 is 0 Å². The highest BCUT2D eigenvalue weighted by Crippen LogP contribution is 2.32. The van der Waals surface area contributed by atoms with Crippen molar-refractivity contribution in [1.29, 1.82) is 0 Å². The van der Waals surface area contributed by atoms with Gasteiger partial charge in [0.2, 0.25) is 11.8 Å². The zero-order chi connectivity index (χ0) is 20.4. The van der Waals surface area contributed by atoms with Crippen LogP contribution in [0.25, 0.3) is 0 Å². The summed E-state index contributed by atoms with van der Waals surface area (Å²) in [5.74, 6) is -1.73. The van der Waals surface area contributed by atoms with Crippen LogP contribution >= 0.6 is 11.8 Å². The molecule has 0 aliphatic carbocycles. The van der Waals surface area contributed by atoms with Gasteiger partial charge in [0.1, 0.15) is 5.82 Å². The molecule has 0 fully saturated rings. The maximum absolute atomic E-state index is 13.6. The van der Waals surface area contributed by atoms with Crippen molar-refractivity contribution >= 4 is 35.0 Å². The summed E-state index contributed by atoms with van der Waals surface area (Å²) in [6.07, 6.45) is 1.36. The highest BCUT2D eigenvalue weighted by molar-refractivity contribution is 8.00. The molecular formula is C20H13F2N3O3S. The molecule has 29 heavy (non-hydrogen) atoms. The van der Waals surface area contributed by atoms with E-state index in [4.69, 9.17) is 4.74 Å². The summed E-state index contributed by atoms with van der Waals surface area (Å²) in [7, 11) is 0. The Labute approximate surface area is 168 Å². The number of pyridine rings is 1. The summed E-state index contributed by atoms with van der Waals surface area (Å²) in [4.78, 5) is 28.7. The summed E-state index contributed by atoms with van der Waals surface area (Å²) in [5.41, 5.74) is 1.53. The van der Waals surface area contributed by atoms with E-state index in [9.17, 15) is 18.4 Å². The van der Waals surface area contributed by atoms with E-state index in [1.165, 1.54) is 30.1 Å². The molecule has 1 aromatic heterocycles. The quantitative estimate of drug-likeness (QED) is 0.661. The Balaban J connectivity index is 1.43. The van der Waals surface area contributed by atoms with Gasteiger partial charge in [-0.05, 0) is 36.4 Å². The van der Waals surface area contributed by atoms with E-state index in [-0.39, 0.29) is 23.4 Å². The minimum atomic E-state index is -0.842. The van der Waals surface area contributed by atoms with Crippen molar-refractivity contribution in [1.82, 2.24) is 4.98 Å². The van der Waals surface area contributed by atoms with Gasteiger partial charge in [-0.1, -0.05) is 0 Å². The van der Waals surface area contributed by atoms with Crippen LogP contribution in [0.3, 0.4) is 0 Å². The summed E-state index contributed by atoms with van der Waals surface area (Å²) >= 11 is 1.36. The highest BCUT2D eigenvalue weighted by atomic mass is 32.2. The number of anilines is 2. The van der Waals surface area contributed by atoms with Crippen molar-refractivity contribution in [3.8, 4) is 11.6 Å². The third-order valence-electron chi connectivity index (χ3n) is 3.98. The minimum absolute atomic E-state index is 0.0754. The number of hydrogen-bond acceptors (Lipinski definition) is 5. The third-order valence-corrected chi connectivity index (χ3v) is 5.03. The van der Waals surface area contributed by atoms with E-state index in [1.54, 1.807) is 24.3 Å². The molecule has 0 saturated heterocycles. The Hall–Kier alpha value is -3.46. The molecule has 9 heteroatoms. The summed E-state index contributed by atoms with van der Waals surface area (Å²) in [6, 6.07) is 11.0. The number of nitrogens with zero attached hydrogens (tertiary/aromatic N) is 1. The molecular weight excluding hydrogens is 400 g/mol. The first-order valence-electron chi connectivity index (χ1n) is 8.45. The molecule has 0 unspecified atom stereocenters. The Bertz CT molecular complexity index is 1110. The maximum Gasteiger partial charge on any atom is 0.255 e. The molecule has 0 spiro atoms. The van der Waals surface area contributed by atoms with Gasteiger partial charge in [-0.15, -0.1) is 11.8 Å². The predicted molar refractivity (Wildman–Crippen MR) is 104 cm³/mol. The van der Waals surface area contributed by atoms with Crippen LogP contribution in [0.5, 0.6) is 11.6 Å². The number of halogens is 2. The number of carbonyl (C=O) groups excluding carboxylic acids is 2. The molecule has 4 rings (SSSR count). The van der Waals surface area contributed by atoms with E-state index in [0.29, 0.717) is 28.8 Å². The smallest absolute Gasteiger partial charge is 0.255 e. The fourth-order valence-electron chi connectivity index (χ4n) is 2.60. The molecule has 3 aromatic rings. The third kappa shape index (κ3) is 4.35. The van der Waals surface area contributed by atoms with Gasteiger partial charge in [0, 0.05) is 22.6 Å². The van der Waals surface area contributed by atoms with Gasteiger partial charge in [0.25, 0.3) is 5.91 Å². The maximum atomic E-state index is 13.6. The van der Waals surface area contributed by atoms with Crippen molar-refractivity contribution in [2.75, 3.05) is 16.4 Å². The molecule has 6 nitrogen and oxygen atoms in total. The first-order chi connectivity index (χ1) is 14.0. The number of aromatic nitrogens is 1. The molecule has 2 heterocycles. The normalized spacial score (nSPS) is 12.7. The van der Waals surface area contributed by atoms with Crippen molar-refractivity contribution in [2.24, 2.45) is 0 Å². The van der Waals surface area contributed by atoms with Crippen LogP contribution in [-0.4, -0.2) is 22.6 Å². The lowest BCUT2D eigenvalue weighted by atomic mass is 10.2. The van der Waals surface area contributed by atoms with Gasteiger partial charge in [0.05, 0.1) is 23.3 Å².